The van der Waals surface area contributed by atoms with Gasteiger partial charge in [-0.15, -0.1) is 0 Å². The lowest BCUT2D eigenvalue weighted by atomic mass is 9.50. The van der Waals surface area contributed by atoms with Crippen molar-refractivity contribution in [3.8, 4) is 0 Å². The van der Waals surface area contributed by atoms with Crippen LogP contribution in [0.5, 0.6) is 0 Å². The van der Waals surface area contributed by atoms with E-state index in [1.807, 2.05) is 0 Å². The topological polar surface area (TPSA) is 48.8 Å². The zero-order valence-electron chi connectivity index (χ0n) is 4.54. The minimum absolute atomic E-state index is 0.124. The molecule has 0 atom stereocenters. The summed E-state index contributed by atoms with van der Waals surface area (Å²) < 4.78 is 0. The van der Waals surface area contributed by atoms with Crippen molar-refractivity contribution < 1.29 is 0 Å². The minimum atomic E-state index is 0.124. The van der Waals surface area contributed by atoms with Crippen LogP contribution >= 0.6 is 0 Å². The van der Waals surface area contributed by atoms with E-state index in [-0.39, 0.29) is 5.54 Å². The first kappa shape index (κ1) is 4.21. The Kier molecular flexibility index (Phi) is 0.529. The second-order valence-corrected chi connectivity index (χ2v) is 2.89. The molecule has 8 heavy (non-hydrogen) atoms. The number of azide groups is 1. The summed E-state index contributed by atoms with van der Waals surface area (Å²) in [5, 5.41) is 3.71. The van der Waals surface area contributed by atoms with E-state index in [1.165, 1.54) is 0 Å². The molecule has 2 bridgehead atoms. The van der Waals surface area contributed by atoms with Gasteiger partial charge in [-0.1, -0.05) is 5.11 Å². The second kappa shape index (κ2) is 1.00. The molecule has 0 aliphatic heterocycles. The van der Waals surface area contributed by atoms with E-state index >= 15 is 0 Å². The van der Waals surface area contributed by atoms with Crippen molar-refractivity contribution in [2.75, 3.05) is 0 Å². The van der Waals surface area contributed by atoms with Crippen molar-refractivity contribution in [3.63, 3.8) is 0 Å². The van der Waals surface area contributed by atoms with Gasteiger partial charge in [0.2, 0.25) is 0 Å². The lowest BCUT2D eigenvalue weighted by molar-refractivity contribution is -0.0164. The van der Waals surface area contributed by atoms with Crippen LogP contribution in [-0.4, -0.2) is 5.54 Å². The van der Waals surface area contributed by atoms with Crippen LogP contribution in [0.15, 0.2) is 5.11 Å². The summed E-state index contributed by atoms with van der Waals surface area (Å²) in [6.45, 7) is 0. The maximum Gasteiger partial charge on any atom is 0.0496 e. The average Bonchev–Trinajstić information content (AvgIpc) is 1.50. The number of rotatable bonds is 1. The quantitative estimate of drug-likeness (QED) is 0.280. The smallest absolute Gasteiger partial charge is 0.0496 e. The van der Waals surface area contributed by atoms with Gasteiger partial charge in [0.05, 0.1) is 0 Å². The van der Waals surface area contributed by atoms with Gasteiger partial charge >= 0.3 is 0 Å². The Morgan fingerprint density at radius 1 is 1.50 bits per heavy atom. The number of hydrogen-bond donors (Lipinski definition) is 0. The number of nitrogens with zero attached hydrogens (tertiary/aromatic N) is 3. The monoisotopic (exact) mass is 109 g/mol. The summed E-state index contributed by atoms with van der Waals surface area (Å²) >= 11 is 0. The fourth-order valence-corrected chi connectivity index (χ4v) is 1.65. The van der Waals surface area contributed by atoms with Crippen LogP contribution in [0, 0.1) is 5.92 Å². The first-order chi connectivity index (χ1) is 3.85. The van der Waals surface area contributed by atoms with Gasteiger partial charge in [0.1, 0.15) is 0 Å². The lowest BCUT2D eigenvalue weighted by Gasteiger charge is -2.58. The van der Waals surface area contributed by atoms with Crippen LogP contribution < -0.4 is 0 Å². The molecule has 3 nitrogen and oxygen atoms in total. The molecular formula is C5H7N3. The van der Waals surface area contributed by atoms with Crippen LogP contribution in [0.1, 0.15) is 19.3 Å². The Hall–Kier alpha value is -0.690. The Balaban J connectivity index is 2.15. The molecule has 3 heteroatoms. The van der Waals surface area contributed by atoms with Crippen LogP contribution in [-0.2, 0) is 0 Å². The predicted molar refractivity (Wildman–Crippen MR) is 29.2 cm³/mol. The van der Waals surface area contributed by atoms with E-state index in [9.17, 15) is 0 Å². The van der Waals surface area contributed by atoms with Gasteiger partial charge in [0, 0.05) is 10.5 Å². The Morgan fingerprint density at radius 2 is 2.12 bits per heavy atom. The summed E-state index contributed by atoms with van der Waals surface area (Å²) in [6, 6.07) is 0. The molecule has 0 aromatic rings. The molecule has 0 N–H and O–H groups in total. The SMILES string of the molecule is [N-]=[N+]=NC12CC(C1)C2. The highest BCUT2D eigenvalue weighted by molar-refractivity contribution is 5.13. The van der Waals surface area contributed by atoms with E-state index in [4.69, 9.17) is 5.53 Å². The van der Waals surface area contributed by atoms with Gasteiger partial charge in [-0.2, -0.15) is 0 Å². The highest BCUT2D eigenvalue weighted by atomic mass is 15.2. The van der Waals surface area contributed by atoms with Gasteiger partial charge in [-0.3, -0.25) is 0 Å². The fraction of sp³-hybridized carbons (Fsp3) is 1.00. The van der Waals surface area contributed by atoms with Crippen LogP contribution in [0.2, 0.25) is 0 Å². The van der Waals surface area contributed by atoms with Crippen LogP contribution in [0.25, 0.3) is 10.4 Å². The Bertz CT molecular complexity index is 151. The summed E-state index contributed by atoms with van der Waals surface area (Å²) in [6.07, 6.45) is 3.49. The van der Waals surface area contributed by atoms with Crippen LogP contribution in [0.4, 0.5) is 0 Å². The van der Waals surface area contributed by atoms with E-state index in [0.29, 0.717) is 0 Å². The first-order valence-electron chi connectivity index (χ1n) is 2.91. The standard InChI is InChI=1S/C5H7N3/c6-8-7-5-1-4(2-5)3-5/h4H,1-3H2. The molecule has 3 saturated carbocycles. The Labute approximate surface area is 47.3 Å². The van der Waals surface area contributed by atoms with Crippen molar-refractivity contribution in [3.05, 3.63) is 10.4 Å². The minimum Gasteiger partial charge on any atom is -0.0872 e. The molecule has 0 radical (unpaired) electrons. The zero-order valence-corrected chi connectivity index (χ0v) is 4.54. The van der Waals surface area contributed by atoms with E-state index in [0.717, 1.165) is 25.2 Å². The average molecular weight is 109 g/mol. The normalized spacial score (nSPS) is 48.2. The molecule has 3 fully saturated rings. The second-order valence-electron chi connectivity index (χ2n) is 2.89. The van der Waals surface area contributed by atoms with Crippen LogP contribution in [0.3, 0.4) is 0 Å². The van der Waals surface area contributed by atoms with E-state index in [1.54, 1.807) is 0 Å². The third kappa shape index (κ3) is 0.294. The molecule has 0 aromatic heterocycles. The van der Waals surface area contributed by atoms with Crippen molar-refractivity contribution in [1.82, 2.24) is 0 Å². The third-order valence-electron chi connectivity index (χ3n) is 2.26. The van der Waals surface area contributed by atoms with Gasteiger partial charge in [0.25, 0.3) is 0 Å². The largest absolute Gasteiger partial charge is 0.0872 e. The summed E-state index contributed by atoms with van der Waals surface area (Å²) in [7, 11) is 0. The number of hydrogen-bond acceptors (Lipinski definition) is 1. The predicted octanol–water partition coefficient (Wildman–Crippen LogP) is 1.85. The maximum absolute atomic E-state index is 8.05. The lowest BCUT2D eigenvalue weighted by Crippen LogP contribution is -2.56. The third-order valence-corrected chi connectivity index (χ3v) is 2.26. The van der Waals surface area contributed by atoms with Gasteiger partial charge in [0.15, 0.2) is 0 Å². The van der Waals surface area contributed by atoms with E-state index < -0.39 is 0 Å². The molecule has 42 valence electrons. The van der Waals surface area contributed by atoms with Crippen molar-refractivity contribution in [1.29, 1.82) is 0 Å². The van der Waals surface area contributed by atoms with E-state index in [2.05, 4.69) is 10.0 Å². The Morgan fingerprint density at radius 3 is 2.25 bits per heavy atom. The van der Waals surface area contributed by atoms with Crippen molar-refractivity contribution >= 4 is 0 Å². The summed E-state index contributed by atoms with van der Waals surface area (Å²) in [5.41, 5.74) is 8.17. The molecule has 0 amide bonds. The van der Waals surface area contributed by atoms with Crippen molar-refractivity contribution in [2.24, 2.45) is 11.0 Å². The first-order valence-corrected chi connectivity index (χ1v) is 2.91. The molecular weight excluding hydrogens is 102 g/mol. The highest BCUT2D eigenvalue weighted by Crippen LogP contribution is 2.59. The zero-order chi connectivity index (χ0) is 5.61. The van der Waals surface area contributed by atoms with Gasteiger partial charge in [-0.25, -0.2) is 0 Å². The molecule has 3 rings (SSSR count). The summed E-state index contributed by atoms with van der Waals surface area (Å²) in [4.78, 5) is 2.79. The van der Waals surface area contributed by atoms with Gasteiger partial charge in [-0.05, 0) is 30.7 Å². The molecule has 0 spiro atoms. The molecule has 0 heterocycles. The molecule has 0 unspecified atom stereocenters. The fourth-order valence-electron chi connectivity index (χ4n) is 1.65. The molecule has 3 aliphatic rings. The highest BCUT2D eigenvalue weighted by Gasteiger charge is 2.56. The molecule has 0 aromatic carbocycles. The van der Waals surface area contributed by atoms with Crippen molar-refractivity contribution in [2.45, 2.75) is 24.8 Å². The maximum atomic E-state index is 8.05. The molecule has 3 aliphatic carbocycles. The summed E-state index contributed by atoms with van der Waals surface area (Å²) in [5.74, 6) is 0.917. The molecule has 0 saturated heterocycles. The van der Waals surface area contributed by atoms with Gasteiger partial charge < -0.3 is 0 Å².